The van der Waals surface area contributed by atoms with Crippen molar-refractivity contribution in [3.05, 3.63) is 59.5 Å². The van der Waals surface area contributed by atoms with Crippen LogP contribution in [0.2, 0.25) is 0 Å². The normalized spacial score (nSPS) is 11.6. The van der Waals surface area contributed by atoms with E-state index in [4.69, 9.17) is 11.5 Å². The van der Waals surface area contributed by atoms with E-state index in [0.29, 0.717) is 0 Å². The van der Waals surface area contributed by atoms with Gasteiger partial charge in [0.1, 0.15) is 15.1 Å². The molecule has 4 nitrogen and oxygen atoms in total. The summed E-state index contributed by atoms with van der Waals surface area (Å²) >= 11 is 3.16. The van der Waals surface area contributed by atoms with E-state index in [0.717, 1.165) is 37.6 Å². The number of nitrogens with two attached hydrogens (primary N) is 2. The Hall–Kier alpha value is -2.31. The van der Waals surface area contributed by atoms with Crippen LogP contribution in [0.25, 0.3) is 10.6 Å². The number of nitrogens with zero attached hydrogens (tertiary/aromatic N) is 2. The molecule has 0 saturated heterocycles. The van der Waals surface area contributed by atoms with Gasteiger partial charge in [-0.25, -0.2) is 4.98 Å². The predicted octanol–water partition coefficient (Wildman–Crippen LogP) is 4.14. The lowest BCUT2D eigenvalue weighted by molar-refractivity contribution is 1.21. The molecule has 1 aromatic heterocycles. The summed E-state index contributed by atoms with van der Waals surface area (Å²) in [7, 11) is 1.78. The summed E-state index contributed by atoms with van der Waals surface area (Å²) in [6, 6.07) is 15.4. The van der Waals surface area contributed by atoms with Crippen LogP contribution in [0.3, 0.4) is 0 Å². The maximum Gasteiger partial charge on any atom is 0.124 e. The lowest BCUT2D eigenvalue weighted by Crippen LogP contribution is -1.96. The van der Waals surface area contributed by atoms with Crippen molar-refractivity contribution in [3.8, 4) is 10.6 Å². The molecular weight excluding hydrogens is 324 g/mol. The van der Waals surface area contributed by atoms with E-state index < -0.39 is 0 Å². The smallest absolute Gasteiger partial charge is 0.124 e. The van der Waals surface area contributed by atoms with Crippen molar-refractivity contribution in [2.24, 2.45) is 4.99 Å². The Bertz CT molecular complexity index is 821. The number of anilines is 2. The van der Waals surface area contributed by atoms with Gasteiger partial charge in [-0.3, -0.25) is 4.99 Å². The van der Waals surface area contributed by atoms with Gasteiger partial charge in [-0.2, -0.15) is 0 Å². The second-order valence-electron chi connectivity index (χ2n) is 4.87. The number of benzene rings is 2. The maximum absolute atomic E-state index is 5.73. The number of hydrogen-bond acceptors (Lipinski definition) is 6. The van der Waals surface area contributed by atoms with Crippen LogP contribution >= 0.6 is 23.1 Å². The van der Waals surface area contributed by atoms with Crippen molar-refractivity contribution < 1.29 is 0 Å². The number of thiazole rings is 1. The largest absolute Gasteiger partial charge is 0.399 e. The third-order valence-corrected chi connectivity index (χ3v) is 5.27. The molecule has 3 rings (SSSR count). The van der Waals surface area contributed by atoms with Gasteiger partial charge < -0.3 is 11.5 Å². The zero-order valence-corrected chi connectivity index (χ0v) is 14.2. The van der Waals surface area contributed by atoms with Crippen LogP contribution in [0, 0.1) is 0 Å². The Labute approximate surface area is 143 Å². The van der Waals surface area contributed by atoms with Crippen LogP contribution in [-0.2, 0) is 0 Å². The van der Waals surface area contributed by atoms with Gasteiger partial charge in [-0.1, -0.05) is 12.1 Å². The maximum atomic E-state index is 5.73. The second kappa shape index (κ2) is 6.85. The molecule has 116 valence electrons. The average molecular weight is 340 g/mol. The second-order valence-corrected chi connectivity index (χ2v) is 6.73. The summed E-state index contributed by atoms with van der Waals surface area (Å²) in [5.74, 6) is 0. The van der Waals surface area contributed by atoms with Crippen molar-refractivity contribution in [1.82, 2.24) is 4.98 Å². The van der Waals surface area contributed by atoms with E-state index in [1.807, 2.05) is 53.9 Å². The Morgan fingerprint density at radius 1 is 1.00 bits per heavy atom. The van der Waals surface area contributed by atoms with Crippen LogP contribution in [0.1, 0.15) is 5.56 Å². The number of aromatic nitrogens is 1. The molecule has 0 spiro atoms. The van der Waals surface area contributed by atoms with Crippen LogP contribution in [-0.4, -0.2) is 17.1 Å². The molecule has 3 aromatic rings. The van der Waals surface area contributed by atoms with Gasteiger partial charge in [-0.05, 0) is 48.2 Å². The number of nitrogen functional groups attached to an aromatic ring is 2. The molecule has 0 saturated carbocycles. The van der Waals surface area contributed by atoms with Crippen molar-refractivity contribution >= 4 is 39.5 Å². The number of hydrogen-bond donors (Lipinski definition) is 2. The molecule has 23 heavy (non-hydrogen) atoms. The first-order valence-corrected chi connectivity index (χ1v) is 8.67. The number of thioether (sulfide) groups is 1. The van der Waals surface area contributed by atoms with Crippen molar-refractivity contribution in [2.45, 2.75) is 5.03 Å². The number of rotatable bonds is 3. The van der Waals surface area contributed by atoms with E-state index in [1.165, 1.54) is 0 Å². The van der Waals surface area contributed by atoms with Crippen LogP contribution in [0.5, 0.6) is 0 Å². The Kier molecular flexibility index (Phi) is 4.64. The average Bonchev–Trinajstić information content (AvgIpc) is 3.03. The SMILES string of the molecule is CN=C(Sc1csc(-c2ccc(N)cc2)n1)c1ccc(N)cc1. The lowest BCUT2D eigenvalue weighted by atomic mass is 10.2. The first-order chi connectivity index (χ1) is 11.2. The third-order valence-electron chi connectivity index (χ3n) is 3.20. The van der Waals surface area contributed by atoms with Gasteiger partial charge in [0.25, 0.3) is 0 Å². The van der Waals surface area contributed by atoms with E-state index in [9.17, 15) is 0 Å². The molecule has 2 aromatic carbocycles. The molecule has 6 heteroatoms. The van der Waals surface area contributed by atoms with E-state index in [2.05, 4.69) is 9.98 Å². The predicted molar refractivity (Wildman–Crippen MR) is 101 cm³/mol. The minimum Gasteiger partial charge on any atom is -0.399 e. The molecular formula is C17H16N4S2. The fraction of sp³-hybridized carbons (Fsp3) is 0.0588. The molecule has 0 radical (unpaired) electrons. The topological polar surface area (TPSA) is 77.3 Å². The van der Waals surface area contributed by atoms with Gasteiger partial charge in [0, 0.05) is 34.9 Å². The highest BCUT2D eigenvalue weighted by atomic mass is 32.2. The molecule has 0 aliphatic heterocycles. The summed E-state index contributed by atoms with van der Waals surface area (Å²) in [6.45, 7) is 0. The Morgan fingerprint density at radius 3 is 2.22 bits per heavy atom. The third kappa shape index (κ3) is 3.72. The summed E-state index contributed by atoms with van der Waals surface area (Å²) in [4.78, 5) is 9.04. The van der Waals surface area contributed by atoms with E-state index in [-0.39, 0.29) is 0 Å². The molecule has 0 unspecified atom stereocenters. The van der Waals surface area contributed by atoms with Gasteiger partial charge in [-0.15, -0.1) is 11.3 Å². The van der Waals surface area contributed by atoms with Crippen LogP contribution in [0.15, 0.2) is 63.9 Å². The standard InChI is InChI=1S/C17H16N4S2/c1-20-16(11-2-6-13(18)7-3-11)23-15-10-22-17(21-15)12-4-8-14(19)9-5-12/h2-10H,18-19H2,1H3. The highest BCUT2D eigenvalue weighted by Crippen LogP contribution is 2.30. The Morgan fingerprint density at radius 2 is 1.61 bits per heavy atom. The molecule has 0 bridgehead atoms. The summed E-state index contributed by atoms with van der Waals surface area (Å²) in [5.41, 5.74) is 15.1. The minimum atomic E-state index is 0.744. The van der Waals surface area contributed by atoms with Gasteiger partial charge in [0.15, 0.2) is 0 Å². The first kappa shape index (κ1) is 15.6. The monoisotopic (exact) mass is 340 g/mol. The zero-order valence-electron chi connectivity index (χ0n) is 12.6. The quantitative estimate of drug-likeness (QED) is 0.325. The zero-order chi connectivity index (χ0) is 16.2. The van der Waals surface area contributed by atoms with Gasteiger partial charge in [0.2, 0.25) is 0 Å². The Balaban J connectivity index is 1.80. The molecule has 1 heterocycles. The van der Waals surface area contributed by atoms with Gasteiger partial charge >= 0.3 is 0 Å². The molecule has 0 aliphatic rings. The van der Waals surface area contributed by atoms with E-state index in [1.54, 1.807) is 30.1 Å². The highest BCUT2D eigenvalue weighted by Gasteiger charge is 2.10. The van der Waals surface area contributed by atoms with Crippen LogP contribution < -0.4 is 11.5 Å². The van der Waals surface area contributed by atoms with Crippen molar-refractivity contribution in [2.75, 3.05) is 18.5 Å². The van der Waals surface area contributed by atoms with Gasteiger partial charge in [0.05, 0.1) is 0 Å². The molecule has 0 atom stereocenters. The van der Waals surface area contributed by atoms with E-state index >= 15 is 0 Å². The van der Waals surface area contributed by atoms with Crippen molar-refractivity contribution in [3.63, 3.8) is 0 Å². The number of aliphatic imine (C=N–C) groups is 1. The fourth-order valence-corrected chi connectivity index (χ4v) is 3.79. The molecule has 0 amide bonds. The van der Waals surface area contributed by atoms with Crippen molar-refractivity contribution in [1.29, 1.82) is 0 Å². The lowest BCUT2D eigenvalue weighted by Gasteiger charge is -2.04. The molecule has 4 N–H and O–H groups in total. The summed E-state index contributed by atoms with van der Waals surface area (Å²) in [6.07, 6.45) is 0. The highest BCUT2D eigenvalue weighted by molar-refractivity contribution is 8.14. The fourth-order valence-electron chi connectivity index (χ4n) is 2.02. The summed E-state index contributed by atoms with van der Waals surface area (Å²) < 4.78 is 0. The minimum absolute atomic E-state index is 0.744. The molecule has 0 aliphatic carbocycles. The molecule has 0 fully saturated rings. The first-order valence-electron chi connectivity index (χ1n) is 6.97. The van der Waals surface area contributed by atoms with Crippen LogP contribution in [0.4, 0.5) is 11.4 Å². The summed E-state index contributed by atoms with van der Waals surface area (Å²) in [5, 5.41) is 4.86.